The van der Waals surface area contributed by atoms with Crippen LogP contribution in [-0.4, -0.2) is 17.1 Å². The maximum absolute atomic E-state index is 13.4. The molecule has 1 fully saturated rings. The molecule has 1 aromatic rings. The van der Waals surface area contributed by atoms with Crippen molar-refractivity contribution in [3.05, 3.63) is 29.6 Å². The van der Waals surface area contributed by atoms with Crippen LogP contribution in [0.2, 0.25) is 0 Å². The molecule has 2 rings (SSSR count). The maximum Gasteiger partial charge on any atom is 0.338 e. The Balaban J connectivity index is 1.98. The van der Waals surface area contributed by atoms with Crippen LogP contribution in [0.25, 0.3) is 0 Å². The Morgan fingerprint density at radius 3 is 2.38 bits per heavy atom. The number of nitrogens with one attached hydrogen (secondary N) is 1. The Morgan fingerprint density at radius 1 is 1.24 bits per heavy atom. The summed E-state index contributed by atoms with van der Waals surface area (Å²) in [6.07, 6.45) is 4.49. The van der Waals surface area contributed by atoms with E-state index in [1.165, 1.54) is 25.0 Å². The fraction of sp³-hybridized carbons (Fsp3) is 0.588. The van der Waals surface area contributed by atoms with Crippen molar-refractivity contribution in [1.82, 2.24) is 0 Å². The summed E-state index contributed by atoms with van der Waals surface area (Å²) in [4.78, 5) is 11.0. The van der Waals surface area contributed by atoms with Crippen molar-refractivity contribution in [2.75, 3.05) is 5.32 Å². The summed E-state index contributed by atoms with van der Waals surface area (Å²) in [6, 6.07) is 4.55. The average molecular weight is 293 g/mol. The second-order valence-corrected chi connectivity index (χ2v) is 7.06. The molecule has 0 amide bonds. The number of hydrogen-bond donors (Lipinski definition) is 2. The third kappa shape index (κ3) is 3.96. The van der Waals surface area contributed by atoms with Crippen LogP contribution in [0.4, 0.5) is 10.1 Å². The summed E-state index contributed by atoms with van der Waals surface area (Å²) >= 11 is 0. The molecule has 0 saturated heterocycles. The van der Waals surface area contributed by atoms with Gasteiger partial charge in [0.25, 0.3) is 0 Å². The van der Waals surface area contributed by atoms with Gasteiger partial charge in [-0.1, -0.05) is 20.8 Å². The first-order valence-electron chi connectivity index (χ1n) is 7.57. The largest absolute Gasteiger partial charge is 0.478 e. The molecule has 0 aliphatic heterocycles. The van der Waals surface area contributed by atoms with Crippen molar-refractivity contribution in [3.8, 4) is 0 Å². The highest BCUT2D eigenvalue weighted by Gasteiger charge is 2.29. The van der Waals surface area contributed by atoms with E-state index < -0.39 is 11.8 Å². The van der Waals surface area contributed by atoms with E-state index in [0.717, 1.165) is 18.8 Å². The van der Waals surface area contributed by atoms with Crippen LogP contribution < -0.4 is 5.32 Å². The number of anilines is 1. The maximum atomic E-state index is 13.4. The predicted octanol–water partition coefficient (Wildman–Crippen LogP) is 4.54. The van der Waals surface area contributed by atoms with Gasteiger partial charge in [0.2, 0.25) is 0 Å². The molecule has 0 unspecified atom stereocenters. The van der Waals surface area contributed by atoms with Crippen molar-refractivity contribution in [1.29, 1.82) is 0 Å². The fourth-order valence-corrected chi connectivity index (χ4v) is 3.12. The van der Waals surface area contributed by atoms with E-state index in [2.05, 4.69) is 26.1 Å². The number of hydrogen-bond acceptors (Lipinski definition) is 2. The lowest BCUT2D eigenvalue weighted by molar-refractivity contribution is 0.0692. The third-order valence-corrected chi connectivity index (χ3v) is 4.52. The Kier molecular flexibility index (Phi) is 4.55. The van der Waals surface area contributed by atoms with E-state index in [1.54, 1.807) is 6.07 Å². The van der Waals surface area contributed by atoms with Gasteiger partial charge < -0.3 is 10.4 Å². The van der Waals surface area contributed by atoms with E-state index in [0.29, 0.717) is 17.1 Å². The molecule has 2 N–H and O–H groups in total. The summed E-state index contributed by atoms with van der Waals surface area (Å²) < 4.78 is 13.4. The predicted molar refractivity (Wildman–Crippen MR) is 82.2 cm³/mol. The molecule has 0 atom stereocenters. The van der Waals surface area contributed by atoms with Crippen LogP contribution in [0.15, 0.2) is 18.2 Å². The molecule has 0 radical (unpaired) electrons. The number of carbonyl (C=O) groups is 1. The second kappa shape index (κ2) is 6.04. The lowest BCUT2D eigenvalue weighted by atomic mass is 9.71. The lowest BCUT2D eigenvalue weighted by Gasteiger charge is -2.37. The van der Waals surface area contributed by atoms with E-state index >= 15 is 0 Å². The van der Waals surface area contributed by atoms with E-state index in [4.69, 9.17) is 5.11 Å². The van der Waals surface area contributed by atoms with Crippen molar-refractivity contribution in [2.45, 2.75) is 52.5 Å². The zero-order chi connectivity index (χ0) is 15.6. The van der Waals surface area contributed by atoms with E-state index in [-0.39, 0.29) is 5.56 Å². The SMILES string of the molecule is CC(C)(C)C1CCC(Nc2ccc(F)c(C(=O)O)c2)CC1. The van der Waals surface area contributed by atoms with Gasteiger partial charge in [-0.05, 0) is 55.2 Å². The molecule has 0 aromatic heterocycles. The van der Waals surface area contributed by atoms with Crippen molar-refractivity contribution < 1.29 is 14.3 Å². The standard InChI is InChI=1S/C17H24FNO2/c1-17(2,3)11-4-6-12(7-5-11)19-13-8-9-15(18)14(10-13)16(20)21/h8-12,19H,4-7H2,1-3H3,(H,20,21). The molecular weight excluding hydrogens is 269 g/mol. The minimum absolute atomic E-state index is 0.275. The quantitative estimate of drug-likeness (QED) is 0.860. The molecule has 4 heteroatoms. The number of aromatic carboxylic acids is 1. The minimum Gasteiger partial charge on any atom is -0.478 e. The number of carboxylic acids is 1. The molecule has 0 bridgehead atoms. The number of halogens is 1. The first-order chi connectivity index (χ1) is 9.77. The van der Waals surface area contributed by atoms with Crippen LogP contribution in [0.1, 0.15) is 56.8 Å². The summed E-state index contributed by atoms with van der Waals surface area (Å²) in [7, 11) is 0. The van der Waals surface area contributed by atoms with Gasteiger partial charge in [0.05, 0.1) is 5.56 Å². The van der Waals surface area contributed by atoms with Gasteiger partial charge >= 0.3 is 5.97 Å². The van der Waals surface area contributed by atoms with Gasteiger partial charge in [-0.2, -0.15) is 0 Å². The van der Waals surface area contributed by atoms with Gasteiger partial charge in [-0.3, -0.25) is 0 Å². The second-order valence-electron chi connectivity index (χ2n) is 7.06. The van der Waals surface area contributed by atoms with Crippen LogP contribution in [0.3, 0.4) is 0 Å². The monoisotopic (exact) mass is 293 g/mol. The lowest BCUT2D eigenvalue weighted by Crippen LogP contribution is -2.31. The topological polar surface area (TPSA) is 49.3 Å². The highest BCUT2D eigenvalue weighted by molar-refractivity contribution is 5.89. The molecule has 1 aliphatic rings. The van der Waals surface area contributed by atoms with Gasteiger partial charge in [0, 0.05) is 11.7 Å². The van der Waals surface area contributed by atoms with Crippen LogP contribution in [0, 0.1) is 17.2 Å². The number of rotatable bonds is 3. The smallest absolute Gasteiger partial charge is 0.338 e. The molecule has 1 aromatic carbocycles. The Bertz CT molecular complexity index is 514. The summed E-state index contributed by atoms with van der Waals surface area (Å²) in [5.74, 6) is -1.18. The Morgan fingerprint density at radius 2 is 1.86 bits per heavy atom. The molecular formula is C17H24FNO2. The molecule has 116 valence electrons. The van der Waals surface area contributed by atoms with Gasteiger partial charge in [0.1, 0.15) is 5.82 Å². The van der Waals surface area contributed by atoms with Gasteiger partial charge in [-0.25, -0.2) is 9.18 Å². The third-order valence-electron chi connectivity index (χ3n) is 4.52. The molecule has 3 nitrogen and oxygen atoms in total. The van der Waals surface area contributed by atoms with Crippen LogP contribution in [0.5, 0.6) is 0 Å². The Labute approximate surface area is 125 Å². The molecule has 0 spiro atoms. The highest BCUT2D eigenvalue weighted by atomic mass is 19.1. The van der Waals surface area contributed by atoms with Crippen molar-refractivity contribution in [2.24, 2.45) is 11.3 Å². The summed E-state index contributed by atoms with van der Waals surface area (Å²) in [6.45, 7) is 6.85. The normalized spacial score (nSPS) is 22.9. The first kappa shape index (κ1) is 15.8. The zero-order valence-corrected chi connectivity index (χ0v) is 12.9. The molecule has 21 heavy (non-hydrogen) atoms. The zero-order valence-electron chi connectivity index (χ0n) is 12.9. The average Bonchev–Trinajstić information content (AvgIpc) is 2.40. The molecule has 0 heterocycles. The number of carboxylic acid groups (broad SMARTS) is 1. The molecule has 1 saturated carbocycles. The number of benzene rings is 1. The fourth-order valence-electron chi connectivity index (χ4n) is 3.12. The van der Waals surface area contributed by atoms with E-state index in [1.807, 2.05) is 0 Å². The van der Waals surface area contributed by atoms with Crippen LogP contribution in [-0.2, 0) is 0 Å². The first-order valence-corrected chi connectivity index (χ1v) is 7.57. The van der Waals surface area contributed by atoms with Crippen molar-refractivity contribution in [3.63, 3.8) is 0 Å². The van der Waals surface area contributed by atoms with Crippen molar-refractivity contribution >= 4 is 11.7 Å². The van der Waals surface area contributed by atoms with Gasteiger partial charge in [0.15, 0.2) is 0 Å². The van der Waals surface area contributed by atoms with E-state index in [9.17, 15) is 9.18 Å². The highest BCUT2D eigenvalue weighted by Crippen LogP contribution is 2.38. The van der Waals surface area contributed by atoms with Crippen LogP contribution >= 0.6 is 0 Å². The minimum atomic E-state index is -1.23. The summed E-state index contributed by atoms with van der Waals surface area (Å²) in [5.41, 5.74) is 0.758. The van der Waals surface area contributed by atoms with Gasteiger partial charge in [-0.15, -0.1) is 0 Å². The Hall–Kier alpha value is -1.58. The molecule has 1 aliphatic carbocycles. The summed E-state index contributed by atoms with van der Waals surface area (Å²) in [5, 5.41) is 12.3.